The van der Waals surface area contributed by atoms with Crippen molar-refractivity contribution in [2.45, 2.75) is 38.9 Å². The zero-order valence-corrected chi connectivity index (χ0v) is 10.8. The topological polar surface area (TPSA) is 40.5 Å². The first-order valence-electron chi connectivity index (χ1n) is 5.82. The molecule has 1 aromatic carbocycles. The smallest absolute Gasteiger partial charge is 0.130 e. The number of aliphatic hydroxyl groups is 2. The minimum absolute atomic E-state index is 0.0416. The van der Waals surface area contributed by atoms with Gasteiger partial charge in [-0.2, -0.15) is 0 Å². The van der Waals surface area contributed by atoms with Gasteiger partial charge < -0.3 is 10.2 Å². The lowest BCUT2D eigenvalue weighted by atomic mass is 9.89. The fourth-order valence-corrected chi connectivity index (χ4v) is 2.11. The number of hydrogen-bond donors (Lipinski definition) is 2. The monoisotopic (exact) mass is 260 g/mol. The standard InChI is InChI=1S/C13H18ClFO2/c1-3-8(4-2)12(16)13(17)10-6-5-9(14)7-11(10)15/h5-8,12-13,16-17H,3-4H2,1-2H3. The summed E-state index contributed by atoms with van der Waals surface area (Å²) in [6.45, 7) is 3.87. The lowest BCUT2D eigenvalue weighted by Gasteiger charge is -2.25. The minimum atomic E-state index is -1.21. The van der Waals surface area contributed by atoms with Gasteiger partial charge in [-0.05, 0) is 18.1 Å². The molecule has 0 aliphatic heterocycles. The first kappa shape index (κ1) is 14.4. The molecule has 2 unspecified atom stereocenters. The van der Waals surface area contributed by atoms with E-state index in [1.165, 1.54) is 12.1 Å². The molecule has 0 aromatic heterocycles. The van der Waals surface area contributed by atoms with E-state index in [2.05, 4.69) is 0 Å². The molecule has 1 aromatic rings. The maximum Gasteiger partial charge on any atom is 0.130 e. The lowest BCUT2D eigenvalue weighted by Crippen LogP contribution is -2.27. The molecule has 0 radical (unpaired) electrons. The number of aliphatic hydroxyl groups excluding tert-OH is 2. The normalized spacial score (nSPS) is 15.0. The van der Waals surface area contributed by atoms with Crippen LogP contribution in [0.2, 0.25) is 5.02 Å². The number of halogens is 2. The highest BCUT2D eigenvalue weighted by Crippen LogP contribution is 2.28. The van der Waals surface area contributed by atoms with E-state index >= 15 is 0 Å². The average Bonchev–Trinajstić information content (AvgIpc) is 2.29. The zero-order valence-electron chi connectivity index (χ0n) is 10.0. The SMILES string of the molecule is CCC(CC)C(O)C(O)c1ccc(Cl)cc1F. The molecule has 0 spiro atoms. The Kier molecular flexibility index (Phi) is 5.37. The highest BCUT2D eigenvalue weighted by Gasteiger charge is 2.27. The predicted molar refractivity (Wildman–Crippen MR) is 66.4 cm³/mol. The molecule has 0 fully saturated rings. The van der Waals surface area contributed by atoms with Gasteiger partial charge in [0.05, 0.1) is 6.10 Å². The highest BCUT2D eigenvalue weighted by molar-refractivity contribution is 6.30. The van der Waals surface area contributed by atoms with Gasteiger partial charge in [0.25, 0.3) is 0 Å². The fraction of sp³-hybridized carbons (Fsp3) is 0.538. The largest absolute Gasteiger partial charge is 0.390 e. The van der Waals surface area contributed by atoms with Crippen molar-refractivity contribution in [3.8, 4) is 0 Å². The van der Waals surface area contributed by atoms with Crippen LogP contribution < -0.4 is 0 Å². The second-order valence-electron chi connectivity index (χ2n) is 4.18. The molecule has 2 atom stereocenters. The Hall–Kier alpha value is -0.640. The molecular formula is C13H18ClFO2. The average molecular weight is 261 g/mol. The Labute approximate surface area is 106 Å². The zero-order chi connectivity index (χ0) is 13.0. The maximum atomic E-state index is 13.6. The van der Waals surface area contributed by atoms with Gasteiger partial charge in [-0.25, -0.2) is 4.39 Å². The van der Waals surface area contributed by atoms with E-state index in [9.17, 15) is 14.6 Å². The molecule has 0 aliphatic carbocycles. The third-order valence-corrected chi connectivity index (χ3v) is 3.37. The van der Waals surface area contributed by atoms with E-state index in [0.29, 0.717) is 0 Å². The fourth-order valence-electron chi connectivity index (χ4n) is 1.95. The Morgan fingerprint density at radius 3 is 2.29 bits per heavy atom. The van der Waals surface area contributed by atoms with Crippen LogP contribution in [0.1, 0.15) is 38.4 Å². The van der Waals surface area contributed by atoms with E-state index in [4.69, 9.17) is 11.6 Å². The van der Waals surface area contributed by atoms with Crippen LogP contribution in [0.15, 0.2) is 18.2 Å². The molecule has 96 valence electrons. The van der Waals surface area contributed by atoms with Crippen LogP contribution in [0.5, 0.6) is 0 Å². The highest BCUT2D eigenvalue weighted by atomic mass is 35.5. The van der Waals surface area contributed by atoms with Crippen molar-refractivity contribution in [1.29, 1.82) is 0 Å². The first-order valence-corrected chi connectivity index (χ1v) is 6.20. The van der Waals surface area contributed by atoms with E-state index in [0.717, 1.165) is 18.9 Å². The molecule has 2 nitrogen and oxygen atoms in total. The summed E-state index contributed by atoms with van der Waals surface area (Å²) < 4.78 is 13.6. The molecule has 0 aliphatic rings. The van der Waals surface area contributed by atoms with Crippen LogP contribution in [0, 0.1) is 11.7 Å². The Balaban J connectivity index is 2.91. The van der Waals surface area contributed by atoms with Crippen LogP contribution in [0.25, 0.3) is 0 Å². The van der Waals surface area contributed by atoms with Gasteiger partial charge in [-0.3, -0.25) is 0 Å². The Morgan fingerprint density at radius 2 is 1.82 bits per heavy atom. The van der Waals surface area contributed by atoms with Crippen molar-refractivity contribution in [3.05, 3.63) is 34.6 Å². The van der Waals surface area contributed by atoms with E-state index in [-0.39, 0.29) is 16.5 Å². The van der Waals surface area contributed by atoms with E-state index < -0.39 is 18.0 Å². The molecule has 4 heteroatoms. The van der Waals surface area contributed by atoms with Gasteiger partial charge in [0.15, 0.2) is 0 Å². The summed E-state index contributed by atoms with van der Waals surface area (Å²) >= 11 is 5.63. The molecular weight excluding hydrogens is 243 g/mol. The lowest BCUT2D eigenvalue weighted by molar-refractivity contribution is -0.0225. The Morgan fingerprint density at radius 1 is 1.24 bits per heavy atom. The van der Waals surface area contributed by atoms with Crippen LogP contribution in [0.4, 0.5) is 4.39 Å². The second kappa shape index (κ2) is 6.34. The van der Waals surface area contributed by atoms with Crippen LogP contribution in [-0.4, -0.2) is 16.3 Å². The van der Waals surface area contributed by atoms with Gasteiger partial charge in [0.1, 0.15) is 11.9 Å². The van der Waals surface area contributed by atoms with Crippen molar-refractivity contribution < 1.29 is 14.6 Å². The molecule has 17 heavy (non-hydrogen) atoms. The predicted octanol–water partition coefficient (Wildman–Crippen LogP) is 3.31. The quantitative estimate of drug-likeness (QED) is 0.853. The molecule has 0 amide bonds. The number of benzene rings is 1. The summed E-state index contributed by atoms with van der Waals surface area (Å²) in [5, 5.41) is 20.2. The molecule has 2 N–H and O–H groups in total. The van der Waals surface area contributed by atoms with Gasteiger partial charge in [-0.15, -0.1) is 0 Å². The Bertz CT molecular complexity index is 366. The number of rotatable bonds is 5. The summed E-state index contributed by atoms with van der Waals surface area (Å²) in [6.07, 6.45) is -0.689. The third-order valence-electron chi connectivity index (χ3n) is 3.14. The van der Waals surface area contributed by atoms with Gasteiger partial charge in [0.2, 0.25) is 0 Å². The summed E-state index contributed by atoms with van der Waals surface area (Å²) in [5.41, 5.74) is 0.0915. The van der Waals surface area contributed by atoms with Gasteiger partial charge >= 0.3 is 0 Å². The van der Waals surface area contributed by atoms with Crippen molar-refractivity contribution in [2.75, 3.05) is 0 Å². The number of hydrogen-bond acceptors (Lipinski definition) is 2. The van der Waals surface area contributed by atoms with Gasteiger partial charge in [0, 0.05) is 10.6 Å². The third kappa shape index (κ3) is 3.41. The minimum Gasteiger partial charge on any atom is -0.390 e. The maximum absolute atomic E-state index is 13.6. The van der Waals surface area contributed by atoms with Crippen LogP contribution in [-0.2, 0) is 0 Å². The van der Waals surface area contributed by atoms with Crippen LogP contribution >= 0.6 is 11.6 Å². The second-order valence-corrected chi connectivity index (χ2v) is 4.61. The summed E-state index contributed by atoms with van der Waals surface area (Å²) in [6, 6.07) is 4.05. The molecule has 1 rings (SSSR count). The van der Waals surface area contributed by atoms with E-state index in [1.54, 1.807) is 0 Å². The molecule has 0 saturated heterocycles. The van der Waals surface area contributed by atoms with Crippen molar-refractivity contribution in [2.24, 2.45) is 5.92 Å². The molecule has 0 saturated carbocycles. The van der Waals surface area contributed by atoms with Crippen molar-refractivity contribution in [3.63, 3.8) is 0 Å². The van der Waals surface area contributed by atoms with Crippen molar-refractivity contribution >= 4 is 11.6 Å². The van der Waals surface area contributed by atoms with Crippen molar-refractivity contribution in [1.82, 2.24) is 0 Å². The molecule has 0 heterocycles. The summed E-state index contributed by atoms with van der Waals surface area (Å²) in [4.78, 5) is 0. The van der Waals surface area contributed by atoms with Crippen LogP contribution in [0.3, 0.4) is 0 Å². The van der Waals surface area contributed by atoms with E-state index in [1.807, 2.05) is 13.8 Å². The summed E-state index contributed by atoms with van der Waals surface area (Å²) in [7, 11) is 0. The summed E-state index contributed by atoms with van der Waals surface area (Å²) in [5.74, 6) is -0.630. The first-order chi connectivity index (χ1) is 8.01. The van der Waals surface area contributed by atoms with Gasteiger partial charge in [-0.1, -0.05) is 44.4 Å². The molecule has 0 bridgehead atoms.